The first-order valence-corrected chi connectivity index (χ1v) is 16.7. The number of nitrogens with zero attached hydrogens (tertiary/aromatic N) is 4. The molecule has 0 radical (unpaired) electrons. The second-order valence-electron chi connectivity index (χ2n) is 12.2. The lowest BCUT2D eigenvalue weighted by Crippen LogP contribution is -2.53. The monoisotopic (exact) mass is 740 g/mol. The van der Waals surface area contributed by atoms with Gasteiger partial charge in [-0.05, 0) is 73.7 Å². The number of rotatable bonds is 13. The molecule has 272 valence electrons. The molecule has 0 spiro atoms. The molecule has 8 nitrogen and oxygen atoms in total. The van der Waals surface area contributed by atoms with E-state index in [1.54, 1.807) is 23.1 Å². The van der Waals surface area contributed by atoms with Crippen LogP contribution in [-0.2, 0) is 33.3 Å². The molecule has 2 aromatic rings. The number of hydrogen-bond acceptors (Lipinski definition) is 7. The Kier molecular flexibility index (Phi) is 14.0. The van der Waals surface area contributed by atoms with Crippen LogP contribution in [0.25, 0.3) is 0 Å². The molecule has 2 fully saturated rings. The van der Waals surface area contributed by atoms with Crippen molar-refractivity contribution in [2.24, 2.45) is 5.16 Å². The third-order valence-electron chi connectivity index (χ3n) is 8.84. The summed E-state index contributed by atoms with van der Waals surface area (Å²) in [5, 5.41) is 14.4. The second kappa shape index (κ2) is 17.5. The summed E-state index contributed by atoms with van der Waals surface area (Å²) in [5.41, 5.74) is -2.07. The number of carbonyl (C=O) groups excluding carboxylic acids is 1. The van der Waals surface area contributed by atoms with Gasteiger partial charge in [-0.1, -0.05) is 34.4 Å². The third kappa shape index (κ3) is 11.2. The van der Waals surface area contributed by atoms with E-state index in [0.29, 0.717) is 73.6 Å². The summed E-state index contributed by atoms with van der Waals surface area (Å²) in [7, 11) is 1.32. The van der Waals surface area contributed by atoms with Crippen molar-refractivity contribution in [1.82, 2.24) is 14.7 Å². The zero-order valence-corrected chi connectivity index (χ0v) is 28.5. The molecule has 0 bridgehead atoms. The number of alkyl halides is 6. The highest BCUT2D eigenvalue weighted by Crippen LogP contribution is 2.37. The van der Waals surface area contributed by atoms with Gasteiger partial charge in [0.1, 0.15) is 7.11 Å². The van der Waals surface area contributed by atoms with Crippen LogP contribution in [0.4, 0.5) is 26.3 Å². The number of benzene rings is 2. The first kappa shape index (κ1) is 39.2. The molecule has 2 atom stereocenters. The fourth-order valence-electron chi connectivity index (χ4n) is 6.22. The van der Waals surface area contributed by atoms with Crippen LogP contribution < -0.4 is 0 Å². The van der Waals surface area contributed by atoms with Crippen molar-refractivity contribution in [3.63, 3.8) is 0 Å². The summed E-state index contributed by atoms with van der Waals surface area (Å²) in [6.45, 7) is 3.42. The van der Waals surface area contributed by atoms with Crippen molar-refractivity contribution in [3.8, 4) is 0 Å². The number of halogens is 8. The third-order valence-corrected chi connectivity index (χ3v) is 9.58. The highest BCUT2D eigenvalue weighted by molar-refractivity contribution is 6.42. The van der Waals surface area contributed by atoms with Gasteiger partial charge < -0.3 is 24.5 Å². The van der Waals surface area contributed by atoms with Crippen LogP contribution in [0.1, 0.15) is 53.9 Å². The van der Waals surface area contributed by atoms with E-state index < -0.39 is 36.0 Å². The summed E-state index contributed by atoms with van der Waals surface area (Å²) in [5.74, 6) is -0.428. The summed E-state index contributed by atoms with van der Waals surface area (Å²) in [6, 6.07) is 6.25. The molecule has 2 saturated heterocycles. The van der Waals surface area contributed by atoms with Crippen LogP contribution in [0.5, 0.6) is 0 Å². The summed E-state index contributed by atoms with van der Waals surface area (Å²) in [6.07, 6.45) is -6.72. The van der Waals surface area contributed by atoms with E-state index in [9.17, 15) is 36.2 Å². The zero-order valence-electron chi connectivity index (χ0n) is 27.0. The molecule has 1 amide bonds. The van der Waals surface area contributed by atoms with E-state index in [4.69, 9.17) is 32.8 Å². The molecule has 49 heavy (non-hydrogen) atoms. The maximum atomic E-state index is 13.4. The molecule has 16 heteroatoms. The first-order valence-electron chi connectivity index (χ1n) is 16.0. The summed E-state index contributed by atoms with van der Waals surface area (Å²) in [4.78, 5) is 24.2. The van der Waals surface area contributed by atoms with Crippen LogP contribution in [0.2, 0.25) is 10.0 Å². The van der Waals surface area contributed by atoms with Crippen molar-refractivity contribution in [1.29, 1.82) is 0 Å². The van der Waals surface area contributed by atoms with E-state index in [-0.39, 0.29) is 43.3 Å². The van der Waals surface area contributed by atoms with Crippen LogP contribution >= 0.6 is 23.2 Å². The highest BCUT2D eigenvalue weighted by atomic mass is 35.5. The van der Waals surface area contributed by atoms with Gasteiger partial charge >= 0.3 is 12.4 Å². The number of aliphatic hydroxyl groups is 1. The molecule has 2 aliphatic heterocycles. The van der Waals surface area contributed by atoms with Gasteiger partial charge in [0.25, 0.3) is 0 Å². The fourth-order valence-corrected chi connectivity index (χ4v) is 6.53. The number of oxime groups is 1. The molecule has 0 aliphatic carbocycles. The van der Waals surface area contributed by atoms with Crippen molar-refractivity contribution in [2.45, 2.75) is 56.6 Å². The minimum atomic E-state index is -4.98. The quantitative estimate of drug-likeness (QED) is 0.140. The van der Waals surface area contributed by atoms with E-state index in [2.05, 4.69) is 15.0 Å². The zero-order chi connectivity index (χ0) is 35.8. The molecule has 0 aromatic heterocycles. The largest absolute Gasteiger partial charge is 0.416 e. The van der Waals surface area contributed by atoms with Gasteiger partial charge in [0.2, 0.25) is 5.91 Å². The Bertz CT molecular complexity index is 1400. The lowest BCUT2D eigenvalue weighted by Gasteiger charge is -2.38. The maximum absolute atomic E-state index is 13.4. The van der Waals surface area contributed by atoms with Crippen molar-refractivity contribution in [2.75, 3.05) is 66.1 Å². The Hall–Kier alpha value is -2.62. The Balaban J connectivity index is 1.42. The van der Waals surface area contributed by atoms with Gasteiger partial charge in [-0.15, -0.1) is 0 Å². The number of piperazine rings is 1. The molecule has 2 aliphatic rings. The molecule has 4 rings (SSSR count). The van der Waals surface area contributed by atoms with Crippen LogP contribution in [0, 0.1) is 0 Å². The number of likely N-dealkylation sites (tertiary alicyclic amines) is 1. The lowest BCUT2D eigenvalue weighted by molar-refractivity contribution is -0.143. The predicted octanol–water partition coefficient (Wildman–Crippen LogP) is 6.71. The average Bonchev–Trinajstić information content (AvgIpc) is 3.06. The van der Waals surface area contributed by atoms with Crippen molar-refractivity contribution < 1.29 is 45.8 Å². The minimum absolute atomic E-state index is 0.0204. The van der Waals surface area contributed by atoms with Gasteiger partial charge in [0.15, 0.2) is 0 Å². The lowest BCUT2D eigenvalue weighted by atomic mass is 9.90. The van der Waals surface area contributed by atoms with E-state index in [1.165, 1.54) is 7.11 Å². The molecule has 1 N–H and O–H groups in total. The number of piperidine rings is 1. The van der Waals surface area contributed by atoms with Crippen LogP contribution in [0.15, 0.2) is 41.6 Å². The van der Waals surface area contributed by atoms with E-state index >= 15 is 0 Å². The smallest absolute Gasteiger partial charge is 0.399 e. The van der Waals surface area contributed by atoms with Gasteiger partial charge in [-0.25, -0.2) is 0 Å². The fraction of sp³-hybridized carbons (Fsp3) is 0.576. The van der Waals surface area contributed by atoms with E-state index in [0.717, 1.165) is 24.8 Å². The normalized spacial score (nSPS) is 19.3. The van der Waals surface area contributed by atoms with E-state index in [1.807, 2.05) is 0 Å². The van der Waals surface area contributed by atoms with Crippen molar-refractivity contribution >= 4 is 34.8 Å². The Morgan fingerprint density at radius 1 is 0.939 bits per heavy atom. The number of ether oxygens (including phenoxy) is 1. The number of amides is 1. The molecular weight excluding hydrogens is 701 g/mol. The molecule has 2 heterocycles. The Morgan fingerprint density at radius 3 is 2.18 bits per heavy atom. The van der Waals surface area contributed by atoms with Gasteiger partial charge in [0, 0.05) is 38.6 Å². The van der Waals surface area contributed by atoms with Gasteiger partial charge in [0.05, 0.1) is 59.3 Å². The molecular formula is C33H40Cl2F6N4O4. The van der Waals surface area contributed by atoms with Crippen LogP contribution in [-0.4, -0.2) is 104 Å². The minimum Gasteiger partial charge on any atom is -0.399 e. The Morgan fingerprint density at radius 2 is 1.59 bits per heavy atom. The van der Waals surface area contributed by atoms with Crippen LogP contribution in [0.3, 0.4) is 0 Å². The predicted molar refractivity (Wildman–Crippen MR) is 174 cm³/mol. The standard InChI is InChI=1S/C33H40Cl2F6N4O4/c1-48-42-30(21-49-20-22-14-24(32(36,37)38)17-25(15-22)33(39,40)41)27(23-5-6-28(34)29(35)16-23)7-9-43-10-12-44(13-11-43)18-31(47)45-8-3-2-4-26(45)19-46/h5-6,14-17,26-27,46H,2-4,7-13,18-21H2,1H3/b42-30+. The molecule has 2 aromatic carbocycles. The van der Waals surface area contributed by atoms with Gasteiger partial charge in [-0.3, -0.25) is 9.69 Å². The summed E-state index contributed by atoms with van der Waals surface area (Å²) >= 11 is 12.5. The molecule has 2 unspecified atom stereocenters. The summed E-state index contributed by atoms with van der Waals surface area (Å²) < 4.78 is 85.9. The maximum Gasteiger partial charge on any atom is 0.416 e. The van der Waals surface area contributed by atoms with Crippen molar-refractivity contribution in [3.05, 3.63) is 68.7 Å². The molecule has 0 saturated carbocycles. The highest BCUT2D eigenvalue weighted by Gasteiger charge is 2.37. The number of hydrogen-bond donors (Lipinski definition) is 1. The Labute approximate surface area is 291 Å². The topological polar surface area (TPSA) is 77.8 Å². The first-order chi connectivity index (χ1) is 23.2. The second-order valence-corrected chi connectivity index (χ2v) is 13.0. The number of carbonyl (C=O) groups is 1. The van der Waals surface area contributed by atoms with Gasteiger partial charge in [-0.2, -0.15) is 26.3 Å². The number of aliphatic hydroxyl groups excluding tert-OH is 1. The average molecular weight is 742 g/mol. The SMILES string of the molecule is CO/N=C(\COCc1cc(C(F)(F)F)cc(C(F)(F)F)c1)C(CCN1CCN(CC(=O)N2CCCCC2CO)CC1)c1ccc(Cl)c(Cl)c1.